The molecule has 25 heavy (non-hydrogen) atoms. The van der Waals surface area contributed by atoms with Gasteiger partial charge in [-0.05, 0) is 13.0 Å². The number of imidazole rings is 1. The fourth-order valence-electron chi connectivity index (χ4n) is 3.34. The molecule has 1 aliphatic heterocycles. The minimum Gasteiger partial charge on any atom is -0.496 e. The first-order chi connectivity index (χ1) is 12.1. The van der Waals surface area contributed by atoms with E-state index in [0.717, 1.165) is 44.2 Å². The largest absolute Gasteiger partial charge is 0.496 e. The van der Waals surface area contributed by atoms with E-state index >= 15 is 0 Å². The number of ether oxygens (including phenoxy) is 1. The van der Waals surface area contributed by atoms with Gasteiger partial charge in [0, 0.05) is 44.2 Å². The molecule has 2 aromatic rings. The van der Waals surface area contributed by atoms with Crippen molar-refractivity contribution < 1.29 is 9.53 Å². The van der Waals surface area contributed by atoms with Crippen LogP contribution in [0, 0.1) is 0 Å². The number of amides is 1. The molecule has 1 N–H and O–H groups in total. The van der Waals surface area contributed by atoms with E-state index < -0.39 is 0 Å². The van der Waals surface area contributed by atoms with E-state index in [2.05, 4.69) is 27.9 Å². The number of aromatic amines is 1. The Morgan fingerprint density at radius 2 is 2.00 bits per heavy atom. The normalized spacial score (nSPS) is 16.7. The van der Waals surface area contributed by atoms with Crippen LogP contribution in [0.25, 0.3) is 0 Å². The van der Waals surface area contributed by atoms with Gasteiger partial charge in [0.2, 0.25) is 0 Å². The van der Waals surface area contributed by atoms with E-state index in [1.54, 1.807) is 13.3 Å². The van der Waals surface area contributed by atoms with Crippen LogP contribution in [0.1, 0.15) is 41.8 Å². The lowest BCUT2D eigenvalue weighted by Crippen LogP contribution is -2.49. The summed E-state index contributed by atoms with van der Waals surface area (Å²) < 4.78 is 5.49. The number of benzene rings is 1. The first-order valence-corrected chi connectivity index (χ1v) is 8.84. The van der Waals surface area contributed by atoms with Gasteiger partial charge in [-0.15, -0.1) is 0 Å². The molecule has 0 spiro atoms. The second kappa shape index (κ2) is 7.70. The van der Waals surface area contributed by atoms with Crippen molar-refractivity contribution in [3.05, 3.63) is 47.5 Å². The first-order valence-electron chi connectivity index (χ1n) is 8.84. The molecule has 0 aliphatic carbocycles. The molecule has 6 nitrogen and oxygen atoms in total. The minimum absolute atomic E-state index is 0.0387. The Balaban J connectivity index is 1.62. The minimum atomic E-state index is 0.0387. The molecular formula is C19H26N4O2. The van der Waals surface area contributed by atoms with Crippen LogP contribution in [0.3, 0.4) is 0 Å². The lowest BCUT2D eigenvalue weighted by atomic mass is 10.0. The molecular weight excluding hydrogens is 316 g/mol. The predicted octanol–water partition coefficient (Wildman–Crippen LogP) is 2.50. The zero-order valence-electron chi connectivity index (χ0n) is 15.2. The second-order valence-electron chi connectivity index (χ2n) is 6.34. The van der Waals surface area contributed by atoms with Gasteiger partial charge >= 0.3 is 0 Å². The molecule has 0 bridgehead atoms. The molecule has 1 fully saturated rings. The van der Waals surface area contributed by atoms with Crippen LogP contribution in [-0.4, -0.2) is 59.0 Å². The summed E-state index contributed by atoms with van der Waals surface area (Å²) in [5.74, 6) is 1.81. The number of nitrogens with zero attached hydrogens (tertiary/aromatic N) is 3. The maximum Gasteiger partial charge on any atom is 0.272 e. The fraction of sp³-hybridized carbons (Fsp3) is 0.474. The van der Waals surface area contributed by atoms with Gasteiger partial charge in [0.25, 0.3) is 5.91 Å². The monoisotopic (exact) mass is 342 g/mol. The van der Waals surface area contributed by atoms with Gasteiger partial charge in [-0.2, -0.15) is 0 Å². The van der Waals surface area contributed by atoms with Gasteiger partial charge in [-0.25, -0.2) is 4.98 Å². The summed E-state index contributed by atoms with van der Waals surface area (Å²) >= 11 is 0. The third-order valence-electron chi connectivity index (χ3n) is 4.93. The fourth-order valence-corrected chi connectivity index (χ4v) is 3.34. The molecule has 1 atom stereocenters. The van der Waals surface area contributed by atoms with Crippen LogP contribution < -0.4 is 4.74 Å². The number of carbonyl (C=O) groups is 1. The molecule has 1 aromatic carbocycles. The van der Waals surface area contributed by atoms with Gasteiger partial charge in [0.15, 0.2) is 0 Å². The number of hydrogen-bond donors (Lipinski definition) is 1. The Hall–Kier alpha value is -2.34. The Morgan fingerprint density at radius 1 is 1.28 bits per heavy atom. The molecule has 3 rings (SSSR count). The highest BCUT2D eigenvalue weighted by molar-refractivity contribution is 5.92. The zero-order chi connectivity index (χ0) is 17.8. The number of H-pyrrole nitrogens is 1. The van der Waals surface area contributed by atoms with Crippen molar-refractivity contribution in [1.82, 2.24) is 19.8 Å². The molecule has 1 saturated heterocycles. The summed E-state index contributed by atoms with van der Waals surface area (Å²) in [6.07, 6.45) is 2.45. The summed E-state index contributed by atoms with van der Waals surface area (Å²) in [6.45, 7) is 7.35. The molecule has 0 unspecified atom stereocenters. The predicted molar refractivity (Wildman–Crippen MR) is 96.9 cm³/mol. The number of nitrogens with one attached hydrogen (secondary N) is 1. The number of para-hydroxylation sites is 1. The maximum absolute atomic E-state index is 12.6. The lowest BCUT2D eigenvalue weighted by Gasteiger charge is -2.38. The first kappa shape index (κ1) is 17.5. The molecule has 0 radical (unpaired) electrons. The Labute approximate surface area is 148 Å². The van der Waals surface area contributed by atoms with Crippen molar-refractivity contribution in [2.45, 2.75) is 26.3 Å². The summed E-state index contributed by atoms with van der Waals surface area (Å²) in [7, 11) is 1.71. The third kappa shape index (κ3) is 3.69. The van der Waals surface area contributed by atoms with E-state index in [4.69, 9.17) is 4.74 Å². The number of methoxy groups -OCH3 is 1. The van der Waals surface area contributed by atoms with Crippen LogP contribution in [0.4, 0.5) is 0 Å². The van der Waals surface area contributed by atoms with Crippen LogP contribution in [0.2, 0.25) is 0 Å². The van der Waals surface area contributed by atoms with Gasteiger partial charge in [-0.1, -0.05) is 25.1 Å². The van der Waals surface area contributed by atoms with Crippen molar-refractivity contribution in [3.8, 4) is 5.75 Å². The van der Waals surface area contributed by atoms with E-state index in [1.807, 2.05) is 30.0 Å². The molecule has 2 heterocycles. The van der Waals surface area contributed by atoms with Crippen molar-refractivity contribution in [3.63, 3.8) is 0 Å². The number of rotatable bonds is 5. The molecule has 6 heteroatoms. The van der Waals surface area contributed by atoms with E-state index in [1.165, 1.54) is 5.56 Å². The number of aryl methyl sites for hydroxylation is 1. The quantitative estimate of drug-likeness (QED) is 0.907. The zero-order valence-corrected chi connectivity index (χ0v) is 15.2. The summed E-state index contributed by atoms with van der Waals surface area (Å²) in [4.78, 5) is 24.2. The van der Waals surface area contributed by atoms with Crippen molar-refractivity contribution in [2.75, 3.05) is 33.3 Å². The number of piperazine rings is 1. The highest BCUT2D eigenvalue weighted by Crippen LogP contribution is 2.29. The molecule has 0 saturated carbocycles. The van der Waals surface area contributed by atoms with Crippen LogP contribution in [0.15, 0.2) is 30.5 Å². The number of carbonyl (C=O) groups excluding carboxylic acids is 1. The number of hydrogen-bond acceptors (Lipinski definition) is 4. The lowest BCUT2D eigenvalue weighted by molar-refractivity contribution is 0.0575. The van der Waals surface area contributed by atoms with Gasteiger partial charge in [0.1, 0.15) is 17.3 Å². The molecule has 1 aromatic heterocycles. The van der Waals surface area contributed by atoms with Crippen LogP contribution in [0.5, 0.6) is 5.75 Å². The van der Waals surface area contributed by atoms with Crippen molar-refractivity contribution in [2.24, 2.45) is 0 Å². The van der Waals surface area contributed by atoms with E-state index in [-0.39, 0.29) is 11.9 Å². The molecule has 134 valence electrons. The summed E-state index contributed by atoms with van der Waals surface area (Å²) in [5.41, 5.74) is 1.77. The smallest absolute Gasteiger partial charge is 0.272 e. The third-order valence-corrected chi connectivity index (χ3v) is 4.93. The SMILES string of the molecule is CCc1ncc(C(=O)N2CCN([C@H](C)c3ccccc3OC)CC2)[nH]1. The Bertz CT molecular complexity index is 720. The standard InChI is InChI=1S/C19H26N4O2/c1-4-18-20-13-16(21-18)19(24)23-11-9-22(10-12-23)14(2)15-7-5-6-8-17(15)25-3/h5-8,13-14H,4,9-12H2,1-3H3,(H,20,21)/t14-/m1/s1. The van der Waals surface area contributed by atoms with E-state index in [0.29, 0.717) is 5.69 Å². The Morgan fingerprint density at radius 3 is 2.64 bits per heavy atom. The highest BCUT2D eigenvalue weighted by Gasteiger charge is 2.27. The Kier molecular flexibility index (Phi) is 5.38. The van der Waals surface area contributed by atoms with Gasteiger partial charge in [-0.3, -0.25) is 9.69 Å². The molecule has 1 aliphatic rings. The summed E-state index contributed by atoms with van der Waals surface area (Å²) in [5, 5.41) is 0. The van der Waals surface area contributed by atoms with Crippen molar-refractivity contribution in [1.29, 1.82) is 0 Å². The maximum atomic E-state index is 12.6. The van der Waals surface area contributed by atoms with Crippen LogP contribution >= 0.6 is 0 Å². The second-order valence-corrected chi connectivity index (χ2v) is 6.34. The van der Waals surface area contributed by atoms with Crippen LogP contribution in [-0.2, 0) is 6.42 Å². The summed E-state index contributed by atoms with van der Waals surface area (Å²) in [6, 6.07) is 8.39. The number of aromatic nitrogens is 2. The van der Waals surface area contributed by atoms with Gasteiger partial charge < -0.3 is 14.6 Å². The van der Waals surface area contributed by atoms with Crippen molar-refractivity contribution >= 4 is 5.91 Å². The highest BCUT2D eigenvalue weighted by atomic mass is 16.5. The average molecular weight is 342 g/mol. The topological polar surface area (TPSA) is 61.5 Å². The van der Waals surface area contributed by atoms with E-state index in [9.17, 15) is 4.79 Å². The van der Waals surface area contributed by atoms with Gasteiger partial charge in [0.05, 0.1) is 13.3 Å². The molecule has 1 amide bonds. The average Bonchev–Trinajstić information content (AvgIpc) is 3.16.